The first kappa shape index (κ1) is 27.0. The van der Waals surface area contributed by atoms with E-state index in [0.717, 1.165) is 0 Å². The number of hydrogen-bond acceptors (Lipinski definition) is 15. The van der Waals surface area contributed by atoms with Gasteiger partial charge < -0.3 is 74.7 Å². The minimum absolute atomic E-state index is 0.293. The maximum absolute atomic E-state index is 10.6. The third kappa shape index (κ3) is 5.64. The van der Waals surface area contributed by atoms with E-state index in [-0.39, 0.29) is 6.42 Å². The lowest BCUT2D eigenvalue weighted by Gasteiger charge is -2.46. The molecule has 0 spiro atoms. The maximum Gasteiger partial charge on any atom is 0.187 e. The zero-order valence-corrected chi connectivity index (χ0v) is 17.4. The molecule has 10 N–H and O–H groups in total. The first-order valence-corrected chi connectivity index (χ1v) is 10.5. The molecule has 0 saturated carbocycles. The summed E-state index contributed by atoms with van der Waals surface area (Å²) in [4.78, 5) is 0. The van der Waals surface area contributed by atoms with Crippen molar-refractivity contribution in [3.63, 3.8) is 0 Å². The van der Waals surface area contributed by atoms with Crippen LogP contribution in [0.4, 0.5) is 0 Å². The van der Waals surface area contributed by atoms with Gasteiger partial charge in [0.05, 0.1) is 25.9 Å². The summed E-state index contributed by atoms with van der Waals surface area (Å²) in [6.07, 6.45) is -21.1. The Labute approximate surface area is 187 Å². The van der Waals surface area contributed by atoms with E-state index >= 15 is 0 Å². The second-order valence-electron chi connectivity index (χ2n) is 8.22. The normalized spacial score (nSPS) is 51.5. The van der Waals surface area contributed by atoms with Crippen molar-refractivity contribution in [2.75, 3.05) is 19.8 Å². The zero-order chi connectivity index (χ0) is 24.4. The third-order valence-electron chi connectivity index (χ3n) is 5.97. The van der Waals surface area contributed by atoms with Crippen LogP contribution in [0.5, 0.6) is 0 Å². The Morgan fingerprint density at radius 1 is 0.576 bits per heavy atom. The van der Waals surface area contributed by atoms with E-state index in [0.29, 0.717) is 0 Å². The number of ether oxygens (including phenoxy) is 5. The van der Waals surface area contributed by atoms with Gasteiger partial charge in [0.1, 0.15) is 61.0 Å². The van der Waals surface area contributed by atoms with Crippen LogP contribution in [-0.4, -0.2) is 157 Å². The highest BCUT2D eigenvalue weighted by Crippen LogP contribution is 2.31. The fourth-order valence-corrected chi connectivity index (χ4v) is 4.06. The number of aliphatic hydroxyl groups is 10. The van der Waals surface area contributed by atoms with Crippen molar-refractivity contribution in [3.8, 4) is 0 Å². The predicted octanol–water partition coefficient (Wildman–Crippen LogP) is -6.54. The van der Waals surface area contributed by atoms with Crippen LogP contribution in [0.15, 0.2) is 0 Å². The molecule has 0 aromatic carbocycles. The van der Waals surface area contributed by atoms with Gasteiger partial charge in [0.2, 0.25) is 0 Å². The molecule has 15 nitrogen and oxygen atoms in total. The average molecular weight is 488 g/mol. The van der Waals surface area contributed by atoms with Gasteiger partial charge in [-0.05, 0) is 0 Å². The van der Waals surface area contributed by atoms with Crippen LogP contribution >= 0.6 is 0 Å². The van der Waals surface area contributed by atoms with Crippen molar-refractivity contribution < 1.29 is 74.7 Å². The van der Waals surface area contributed by atoms with E-state index in [1.54, 1.807) is 0 Å². The van der Waals surface area contributed by atoms with Gasteiger partial charge in [0.25, 0.3) is 0 Å². The molecule has 1 unspecified atom stereocenters. The van der Waals surface area contributed by atoms with Crippen LogP contribution < -0.4 is 0 Å². The molecule has 0 aromatic heterocycles. The molecule has 3 fully saturated rings. The van der Waals surface area contributed by atoms with Crippen molar-refractivity contribution in [2.24, 2.45) is 0 Å². The van der Waals surface area contributed by atoms with Gasteiger partial charge in [-0.2, -0.15) is 0 Å². The highest BCUT2D eigenvalue weighted by atomic mass is 16.7. The highest BCUT2D eigenvalue weighted by Gasteiger charge is 2.50. The second kappa shape index (κ2) is 11.4. The Morgan fingerprint density at radius 3 is 1.79 bits per heavy atom. The Balaban J connectivity index is 1.66. The molecule has 0 bridgehead atoms. The fraction of sp³-hybridized carbons (Fsp3) is 1.00. The topological polar surface area (TPSA) is 248 Å². The van der Waals surface area contributed by atoms with E-state index in [1.807, 2.05) is 0 Å². The second-order valence-corrected chi connectivity index (χ2v) is 8.22. The lowest BCUT2D eigenvalue weighted by molar-refractivity contribution is -0.360. The van der Waals surface area contributed by atoms with E-state index in [1.165, 1.54) is 0 Å². The van der Waals surface area contributed by atoms with Crippen molar-refractivity contribution in [2.45, 2.75) is 92.4 Å². The molecule has 33 heavy (non-hydrogen) atoms. The largest absolute Gasteiger partial charge is 0.394 e. The molecule has 3 saturated heterocycles. The Kier molecular flexibility index (Phi) is 9.35. The van der Waals surface area contributed by atoms with E-state index in [9.17, 15) is 51.1 Å². The van der Waals surface area contributed by atoms with Gasteiger partial charge in [-0.25, -0.2) is 0 Å². The molecule has 0 aliphatic carbocycles. The molecule has 14 atom stereocenters. The summed E-state index contributed by atoms with van der Waals surface area (Å²) < 4.78 is 26.9. The molecule has 0 radical (unpaired) electrons. The van der Waals surface area contributed by atoms with Crippen LogP contribution in [0.2, 0.25) is 0 Å². The van der Waals surface area contributed by atoms with Gasteiger partial charge in [-0.3, -0.25) is 0 Å². The van der Waals surface area contributed by atoms with Crippen LogP contribution in [0.25, 0.3) is 0 Å². The summed E-state index contributed by atoms with van der Waals surface area (Å²) >= 11 is 0. The minimum Gasteiger partial charge on any atom is -0.394 e. The van der Waals surface area contributed by atoms with Crippen LogP contribution in [0, 0.1) is 0 Å². The maximum atomic E-state index is 10.6. The zero-order valence-electron chi connectivity index (χ0n) is 17.4. The average Bonchev–Trinajstić information content (AvgIpc) is 2.80. The molecule has 15 heteroatoms. The fourth-order valence-electron chi connectivity index (χ4n) is 4.06. The van der Waals surface area contributed by atoms with Crippen molar-refractivity contribution in [1.82, 2.24) is 0 Å². The van der Waals surface area contributed by atoms with Gasteiger partial charge in [-0.15, -0.1) is 0 Å². The Hall–Kier alpha value is -0.600. The van der Waals surface area contributed by atoms with Crippen LogP contribution in [0.3, 0.4) is 0 Å². The lowest BCUT2D eigenvalue weighted by atomic mass is 9.97. The van der Waals surface area contributed by atoms with Crippen molar-refractivity contribution in [1.29, 1.82) is 0 Å². The van der Waals surface area contributed by atoms with Gasteiger partial charge in [0, 0.05) is 6.42 Å². The lowest BCUT2D eigenvalue weighted by Crippen LogP contribution is -2.63. The quantitative estimate of drug-likeness (QED) is 0.160. The SMILES string of the molecule is OC[C@H]1O[C@H](O[C@H]2[C@H](O)C[C@@H](O[C@H]3[C@H](O)[C@@H](O)C(O)O[C@@H]3CO)O[C@@H]2CO)[C@H](O)[C@@H](O)[C@@H]1O. The third-order valence-corrected chi connectivity index (χ3v) is 5.97. The number of hydrogen-bond donors (Lipinski definition) is 10. The van der Waals surface area contributed by atoms with Gasteiger partial charge in [-0.1, -0.05) is 0 Å². The van der Waals surface area contributed by atoms with E-state index < -0.39 is 106 Å². The summed E-state index contributed by atoms with van der Waals surface area (Å²) in [6.45, 7) is -2.06. The summed E-state index contributed by atoms with van der Waals surface area (Å²) in [6, 6.07) is 0. The molecule has 194 valence electrons. The first-order valence-electron chi connectivity index (χ1n) is 10.5. The summed E-state index contributed by atoms with van der Waals surface area (Å²) in [5.41, 5.74) is 0. The number of rotatable bonds is 7. The summed E-state index contributed by atoms with van der Waals surface area (Å²) in [5, 5.41) is 98.5. The standard InChI is InChI=1S/C18H32O15/c19-2-6-10(23)11(24)14(27)18(31-6)33-15-5(22)1-9(29-7(15)3-20)32-16-8(4-21)30-17(28)13(26)12(16)25/h5-28H,1-4H2/t5-,6-,7-,8-,9-,10-,11+,12-,13-,14-,15+,16-,17?,18-/m1/s1. The molecule has 3 aliphatic heterocycles. The van der Waals surface area contributed by atoms with Gasteiger partial charge in [0.15, 0.2) is 18.9 Å². The summed E-state index contributed by atoms with van der Waals surface area (Å²) in [7, 11) is 0. The van der Waals surface area contributed by atoms with E-state index in [4.69, 9.17) is 23.7 Å². The smallest absolute Gasteiger partial charge is 0.187 e. The molecule has 3 aliphatic rings. The molecule has 3 heterocycles. The predicted molar refractivity (Wildman–Crippen MR) is 99.9 cm³/mol. The molecule has 0 aromatic rings. The Bertz CT molecular complexity index is 607. The molecular formula is C18H32O15. The Morgan fingerprint density at radius 2 is 1.18 bits per heavy atom. The van der Waals surface area contributed by atoms with Crippen LogP contribution in [-0.2, 0) is 23.7 Å². The van der Waals surface area contributed by atoms with Crippen molar-refractivity contribution in [3.05, 3.63) is 0 Å². The van der Waals surface area contributed by atoms with Crippen LogP contribution in [0.1, 0.15) is 6.42 Å². The highest BCUT2D eigenvalue weighted by molar-refractivity contribution is 4.93. The van der Waals surface area contributed by atoms with E-state index in [2.05, 4.69) is 0 Å². The minimum atomic E-state index is -1.75. The monoisotopic (exact) mass is 488 g/mol. The molecular weight excluding hydrogens is 456 g/mol. The van der Waals surface area contributed by atoms with Gasteiger partial charge >= 0.3 is 0 Å². The molecule has 0 amide bonds. The summed E-state index contributed by atoms with van der Waals surface area (Å²) in [5.74, 6) is 0. The number of aliphatic hydroxyl groups excluding tert-OH is 10. The first-order chi connectivity index (χ1) is 15.6. The van der Waals surface area contributed by atoms with Crippen molar-refractivity contribution >= 4 is 0 Å². The molecule has 3 rings (SSSR count).